The fourth-order valence-corrected chi connectivity index (χ4v) is 1.42. The Kier molecular flexibility index (Phi) is 2.08. The first-order valence-corrected chi connectivity index (χ1v) is 4.15. The number of allylic oxidation sites excluding steroid dienone is 1. The Balaban J connectivity index is 2.74. The van der Waals surface area contributed by atoms with E-state index in [9.17, 15) is 0 Å². The maximum atomic E-state index is 4.00. The highest BCUT2D eigenvalue weighted by Gasteiger charge is 2.21. The fourth-order valence-electron chi connectivity index (χ4n) is 1.42. The lowest BCUT2D eigenvalue weighted by molar-refractivity contribution is 0.191. The van der Waals surface area contributed by atoms with Crippen LogP contribution in [0.4, 0.5) is 0 Å². The van der Waals surface area contributed by atoms with Gasteiger partial charge in [-0.3, -0.25) is 0 Å². The molecule has 11 heavy (non-hydrogen) atoms. The molecule has 0 aromatic carbocycles. The van der Waals surface area contributed by atoms with Gasteiger partial charge in [0.25, 0.3) is 0 Å². The Labute approximate surface area is 69.4 Å². The zero-order valence-electron chi connectivity index (χ0n) is 7.72. The number of nitrogens with zero attached hydrogens (tertiary/aromatic N) is 1. The minimum Gasteiger partial charge on any atom is -0.367 e. The number of hydrogen-bond donors (Lipinski definition) is 0. The summed E-state index contributed by atoms with van der Waals surface area (Å²) >= 11 is 0. The summed E-state index contributed by atoms with van der Waals surface area (Å²) in [5, 5.41) is 0. The summed E-state index contributed by atoms with van der Waals surface area (Å²) in [7, 11) is 0. The van der Waals surface area contributed by atoms with Gasteiger partial charge in [0.2, 0.25) is 0 Å². The SMILES string of the molecule is C=C1C=CCCN1C(C)(C)C. The quantitative estimate of drug-likeness (QED) is 0.514. The van der Waals surface area contributed by atoms with E-state index in [1.807, 2.05) is 0 Å². The highest BCUT2D eigenvalue weighted by molar-refractivity contribution is 5.18. The van der Waals surface area contributed by atoms with Crippen molar-refractivity contribution < 1.29 is 0 Å². The van der Waals surface area contributed by atoms with E-state index in [2.05, 4.69) is 44.4 Å². The van der Waals surface area contributed by atoms with Crippen molar-refractivity contribution >= 4 is 0 Å². The number of hydrogen-bond acceptors (Lipinski definition) is 1. The average molecular weight is 151 g/mol. The molecule has 1 aliphatic heterocycles. The van der Waals surface area contributed by atoms with Crippen molar-refractivity contribution in [3.05, 3.63) is 24.4 Å². The Hall–Kier alpha value is -0.720. The smallest absolute Gasteiger partial charge is 0.0317 e. The van der Waals surface area contributed by atoms with Crippen LogP contribution in [0.2, 0.25) is 0 Å². The molecule has 0 saturated heterocycles. The Morgan fingerprint density at radius 2 is 2.09 bits per heavy atom. The van der Waals surface area contributed by atoms with E-state index in [0.717, 1.165) is 18.7 Å². The molecule has 0 unspecified atom stereocenters. The topological polar surface area (TPSA) is 3.24 Å². The molecule has 1 heteroatoms. The summed E-state index contributed by atoms with van der Waals surface area (Å²) in [4.78, 5) is 2.34. The molecule has 0 atom stereocenters. The molecule has 1 aliphatic rings. The maximum absolute atomic E-state index is 4.00. The van der Waals surface area contributed by atoms with Crippen LogP contribution in [0.3, 0.4) is 0 Å². The Morgan fingerprint density at radius 1 is 1.45 bits per heavy atom. The lowest BCUT2D eigenvalue weighted by atomic mass is 10.0. The van der Waals surface area contributed by atoms with Gasteiger partial charge in [0, 0.05) is 17.8 Å². The van der Waals surface area contributed by atoms with E-state index in [4.69, 9.17) is 0 Å². The molecule has 1 heterocycles. The summed E-state index contributed by atoms with van der Waals surface area (Å²) < 4.78 is 0. The normalized spacial score (nSPS) is 19.2. The van der Waals surface area contributed by atoms with Gasteiger partial charge in [-0.05, 0) is 33.3 Å². The second-order valence-corrected chi connectivity index (χ2v) is 4.00. The molecular weight excluding hydrogens is 134 g/mol. The minimum atomic E-state index is 0.224. The van der Waals surface area contributed by atoms with E-state index in [-0.39, 0.29) is 5.54 Å². The Bertz CT molecular complexity index is 184. The van der Waals surface area contributed by atoms with Crippen LogP contribution in [0.1, 0.15) is 27.2 Å². The van der Waals surface area contributed by atoms with Crippen molar-refractivity contribution in [2.75, 3.05) is 6.54 Å². The first kappa shape index (κ1) is 8.38. The predicted molar refractivity (Wildman–Crippen MR) is 49.4 cm³/mol. The molecular formula is C10H17N. The molecule has 0 spiro atoms. The molecule has 0 amide bonds. The third-order valence-corrected chi connectivity index (χ3v) is 1.99. The van der Waals surface area contributed by atoms with Crippen LogP contribution >= 0.6 is 0 Å². The van der Waals surface area contributed by atoms with Gasteiger partial charge in [-0.25, -0.2) is 0 Å². The van der Waals surface area contributed by atoms with Gasteiger partial charge in [-0.15, -0.1) is 0 Å². The van der Waals surface area contributed by atoms with Gasteiger partial charge in [0.05, 0.1) is 0 Å². The predicted octanol–water partition coefficient (Wildman–Crippen LogP) is 2.56. The zero-order valence-corrected chi connectivity index (χ0v) is 7.72. The van der Waals surface area contributed by atoms with Crippen LogP contribution < -0.4 is 0 Å². The summed E-state index contributed by atoms with van der Waals surface area (Å²) in [6.07, 6.45) is 5.44. The minimum absolute atomic E-state index is 0.224. The van der Waals surface area contributed by atoms with Crippen molar-refractivity contribution in [1.29, 1.82) is 0 Å². The summed E-state index contributed by atoms with van der Waals surface area (Å²) in [5.74, 6) is 0. The van der Waals surface area contributed by atoms with Gasteiger partial charge in [-0.1, -0.05) is 12.7 Å². The summed E-state index contributed by atoms with van der Waals surface area (Å²) in [6.45, 7) is 11.8. The van der Waals surface area contributed by atoms with Gasteiger partial charge >= 0.3 is 0 Å². The lowest BCUT2D eigenvalue weighted by Crippen LogP contribution is -2.41. The van der Waals surface area contributed by atoms with Crippen LogP contribution in [-0.2, 0) is 0 Å². The van der Waals surface area contributed by atoms with Gasteiger partial charge in [0.15, 0.2) is 0 Å². The average Bonchev–Trinajstić information content (AvgIpc) is 1.86. The summed E-state index contributed by atoms with van der Waals surface area (Å²) in [5.41, 5.74) is 1.37. The van der Waals surface area contributed by atoms with E-state index in [0.29, 0.717) is 0 Å². The molecule has 0 saturated carbocycles. The van der Waals surface area contributed by atoms with Crippen LogP contribution in [0, 0.1) is 0 Å². The molecule has 0 bridgehead atoms. The van der Waals surface area contributed by atoms with Crippen molar-refractivity contribution in [3.8, 4) is 0 Å². The maximum Gasteiger partial charge on any atom is 0.0317 e. The molecule has 1 rings (SSSR count). The molecule has 0 aromatic rings. The Morgan fingerprint density at radius 3 is 2.45 bits per heavy atom. The third kappa shape index (κ3) is 1.86. The fraction of sp³-hybridized carbons (Fsp3) is 0.600. The van der Waals surface area contributed by atoms with Gasteiger partial charge < -0.3 is 4.90 Å². The molecule has 0 aromatic heterocycles. The van der Waals surface area contributed by atoms with E-state index >= 15 is 0 Å². The molecule has 0 fully saturated rings. The van der Waals surface area contributed by atoms with Gasteiger partial charge in [0.1, 0.15) is 0 Å². The molecule has 0 aliphatic carbocycles. The number of rotatable bonds is 0. The molecule has 62 valence electrons. The van der Waals surface area contributed by atoms with Crippen molar-refractivity contribution in [3.63, 3.8) is 0 Å². The largest absolute Gasteiger partial charge is 0.367 e. The second-order valence-electron chi connectivity index (χ2n) is 4.00. The standard InChI is InChI=1S/C10H17N/c1-9-7-5-6-8-11(9)10(2,3)4/h5,7H,1,6,8H2,2-4H3. The van der Waals surface area contributed by atoms with Crippen LogP contribution in [-0.4, -0.2) is 17.0 Å². The monoisotopic (exact) mass is 151 g/mol. The highest BCUT2D eigenvalue weighted by atomic mass is 15.2. The first-order valence-electron chi connectivity index (χ1n) is 4.15. The first-order chi connectivity index (χ1) is 5.02. The second kappa shape index (κ2) is 2.72. The van der Waals surface area contributed by atoms with E-state index in [1.165, 1.54) is 0 Å². The van der Waals surface area contributed by atoms with Crippen molar-refractivity contribution in [2.45, 2.75) is 32.7 Å². The highest BCUT2D eigenvalue weighted by Crippen LogP contribution is 2.22. The van der Waals surface area contributed by atoms with Crippen LogP contribution in [0.25, 0.3) is 0 Å². The zero-order chi connectivity index (χ0) is 8.48. The van der Waals surface area contributed by atoms with Crippen molar-refractivity contribution in [1.82, 2.24) is 4.90 Å². The summed E-state index contributed by atoms with van der Waals surface area (Å²) in [6, 6.07) is 0. The van der Waals surface area contributed by atoms with Crippen LogP contribution in [0.15, 0.2) is 24.4 Å². The third-order valence-electron chi connectivity index (χ3n) is 1.99. The van der Waals surface area contributed by atoms with Crippen LogP contribution in [0.5, 0.6) is 0 Å². The molecule has 0 N–H and O–H groups in total. The lowest BCUT2D eigenvalue weighted by Gasteiger charge is -2.39. The van der Waals surface area contributed by atoms with E-state index < -0.39 is 0 Å². The molecule has 0 radical (unpaired) electrons. The molecule has 1 nitrogen and oxygen atoms in total. The van der Waals surface area contributed by atoms with Gasteiger partial charge in [-0.2, -0.15) is 0 Å². The van der Waals surface area contributed by atoms with E-state index in [1.54, 1.807) is 0 Å². The van der Waals surface area contributed by atoms with Crippen molar-refractivity contribution in [2.24, 2.45) is 0 Å².